The Kier molecular flexibility index (Phi) is 5.38. The number of rotatable bonds is 6. The van der Waals surface area contributed by atoms with Crippen LogP contribution in [-0.4, -0.2) is 36.8 Å². The van der Waals surface area contributed by atoms with Gasteiger partial charge in [-0.1, -0.05) is 12.1 Å². The van der Waals surface area contributed by atoms with Crippen LogP contribution in [0.15, 0.2) is 53.6 Å². The number of nitrogens with one attached hydrogen (secondary N) is 1. The van der Waals surface area contributed by atoms with Crippen molar-refractivity contribution in [3.05, 3.63) is 59.7 Å². The maximum absolute atomic E-state index is 12.0. The number of nitrogens with zero attached hydrogens (tertiary/aromatic N) is 1. The number of amides is 1. The summed E-state index contributed by atoms with van der Waals surface area (Å²) in [6, 6.07) is 14.5. The summed E-state index contributed by atoms with van der Waals surface area (Å²) in [5.74, 6) is 3.34. The molecule has 5 nitrogen and oxygen atoms in total. The molecular weight excluding hydrogens is 324 g/mol. The smallest absolute Gasteiger partial charge is 0.271 e. The highest BCUT2D eigenvalue weighted by molar-refractivity contribution is 8.00. The van der Waals surface area contributed by atoms with Crippen LogP contribution in [0.3, 0.4) is 0 Å². The van der Waals surface area contributed by atoms with Crippen molar-refractivity contribution in [2.75, 3.05) is 18.6 Å². The number of carbonyl (C=O) groups is 1. The number of methoxy groups -OCH3 is 1. The molecule has 124 valence electrons. The van der Waals surface area contributed by atoms with E-state index in [1.807, 2.05) is 36.0 Å². The Bertz CT molecular complexity index is 727. The topological polar surface area (TPSA) is 59.9 Å². The van der Waals surface area contributed by atoms with E-state index in [-0.39, 0.29) is 5.91 Å². The van der Waals surface area contributed by atoms with Crippen molar-refractivity contribution in [3.63, 3.8) is 0 Å². The summed E-state index contributed by atoms with van der Waals surface area (Å²) in [6.45, 7) is 0. The molecular formula is C18H18N2O3S. The van der Waals surface area contributed by atoms with Crippen LogP contribution in [0.1, 0.15) is 15.9 Å². The van der Waals surface area contributed by atoms with Gasteiger partial charge in [0.2, 0.25) is 0 Å². The molecule has 0 bridgehead atoms. The highest BCUT2D eigenvalue weighted by Gasteiger charge is 2.19. The van der Waals surface area contributed by atoms with Crippen LogP contribution in [-0.2, 0) is 0 Å². The Morgan fingerprint density at radius 2 is 2.00 bits per heavy atom. The Balaban J connectivity index is 1.56. The van der Waals surface area contributed by atoms with Gasteiger partial charge in [0.1, 0.15) is 17.6 Å². The molecule has 0 atom stereocenters. The van der Waals surface area contributed by atoms with Gasteiger partial charge in [-0.15, -0.1) is 0 Å². The lowest BCUT2D eigenvalue weighted by atomic mass is 10.2. The first-order valence-corrected chi connectivity index (χ1v) is 8.72. The van der Waals surface area contributed by atoms with E-state index in [1.54, 1.807) is 37.6 Å². The summed E-state index contributed by atoms with van der Waals surface area (Å²) in [7, 11) is 1.58. The maximum atomic E-state index is 12.0. The number of hydrogen-bond donors (Lipinski definition) is 1. The second-order valence-electron chi connectivity index (χ2n) is 5.28. The summed E-state index contributed by atoms with van der Waals surface area (Å²) in [5, 5.41) is 4.00. The van der Waals surface area contributed by atoms with Crippen LogP contribution in [0.4, 0.5) is 0 Å². The zero-order chi connectivity index (χ0) is 16.8. The number of ether oxygens (including phenoxy) is 2. The molecule has 0 saturated carbocycles. The zero-order valence-corrected chi connectivity index (χ0v) is 14.1. The normalized spacial score (nSPS) is 14.2. The van der Waals surface area contributed by atoms with Crippen LogP contribution in [0, 0.1) is 0 Å². The van der Waals surface area contributed by atoms with E-state index < -0.39 is 0 Å². The van der Waals surface area contributed by atoms with Crippen LogP contribution in [0.2, 0.25) is 0 Å². The van der Waals surface area contributed by atoms with E-state index in [4.69, 9.17) is 9.47 Å². The van der Waals surface area contributed by atoms with Gasteiger partial charge in [0.15, 0.2) is 0 Å². The molecule has 0 radical (unpaired) electrons. The minimum atomic E-state index is -0.271. The summed E-state index contributed by atoms with van der Waals surface area (Å²) in [6.07, 6.45) is 1.90. The number of carbonyl (C=O) groups excluding carboxylic acids is 1. The fourth-order valence-electron chi connectivity index (χ4n) is 2.12. The molecule has 1 heterocycles. The number of benzene rings is 2. The predicted molar refractivity (Wildman–Crippen MR) is 96.2 cm³/mol. The molecule has 0 unspecified atom stereocenters. The van der Waals surface area contributed by atoms with E-state index >= 15 is 0 Å². The quantitative estimate of drug-likeness (QED) is 0.648. The lowest BCUT2D eigenvalue weighted by Gasteiger charge is -2.25. The Labute approximate surface area is 145 Å². The number of thioether (sulfide) groups is 1. The SMILES string of the molecule is COc1ccc(C(=O)N/N=C\c2cccc(OC3CSC3)c2)cc1. The Morgan fingerprint density at radius 3 is 2.67 bits per heavy atom. The molecule has 3 rings (SSSR count). The maximum Gasteiger partial charge on any atom is 0.271 e. The molecule has 1 saturated heterocycles. The standard InChI is InChI=1S/C18H18N2O3S/c1-22-15-7-5-14(6-8-15)18(21)20-19-10-13-3-2-4-16(9-13)23-17-11-24-12-17/h2-10,17H,11-12H2,1H3,(H,20,21)/b19-10-. The number of hydrogen-bond acceptors (Lipinski definition) is 5. The second-order valence-corrected chi connectivity index (χ2v) is 6.35. The Hall–Kier alpha value is -2.47. The average molecular weight is 342 g/mol. The lowest BCUT2D eigenvalue weighted by molar-refractivity contribution is 0.0955. The summed E-state index contributed by atoms with van der Waals surface area (Å²) in [4.78, 5) is 12.0. The van der Waals surface area contributed by atoms with Crippen molar-refractivity contribution in [1.29, 1.82) is 0 Å². The van der Waals surface area contributed by atoms with E-state index in [0.29, 0.717) is 17.4 Å². The van der Waals surface area contributed by atoms with Gasteiger partial charge < -0.3 is 9.47 Å². The summed E-state index contributed by atoms with van der Waals surface area (Å²) < 4.78 is 10.9. The van der Waals surface area contributed by atoms with Crippen molar-refractivity contribution >= 4 is 23.9 Å². The van der Waals surface area contributed by atoms with E-state index in [9.17, 15) is 4.79 Å². The molecule has 2 aromatic carbocycles. The third-order valence-corrected chi connectivity index (χ3v) is 4.72. The van der Waals surface area contributed by atoms with Crippen molar-refractivity contribution in [1.82, 2.24) is 5.43 Å². The average Bonchev–Trinajstić information content (AvgIpc) is 2.58. The summed E-state index contributed by atoms with van der Waals surface area (Å²) >= 11 is 1.88. The highest BCUT2D eigenvalue weighted by Crippen LogP contribution is 2.24. The van der Waals surface area contributed by atoms with Gasteiger partial charge in [0.25, 0.3) is 5.91 Å². The first-order valence-electron chi connectivity index (χ1n) is 7.56. The lowest BCUT2D eigenvalue weighted by Crippen LogP contribution is -2.31. The first kappa shape index (κ1) is 16.4. The van der Waals surface area contributed by atoms with Crippen molar-refractivity contribution in [2.24, 2.45) is 5.10 Å². The molecule has 0 aliphatic carbocycles. The van der Waals surface area contributed by atoms with Crippen molar-refractivity contribution in [2.45, 2.75) is 6.10 Å². The molecule has 2 aromatic rings. The molecule has 0 aromatic heterocycles. The molecule has 0 spiro atoms. The molecule has 1 aliphatic heterocycles. The van der Waals surface area contributed by atoms with Crippen LogP contribution < -0.4 is 14.9 Å². The zero-order valence-electron chi connectivity index (χ0n) is 13.3. The Morgan fingerprint density at radius 1 is 1.21 bits per heavy atom. The molecule has 1 fully saturated rings. The third-order valence-electron chi connectivity index (χ3n) is 3.50. The highest BCUT2D eigenvalue weighted by atomic mass is 32.2. The first-order chi connectivity index (χ1) is 11.7. The van der Waals surface area contributed by atoms with Gasteiger partial charge in [0.05, 0.1) is 13.3 Å². The van der Waals surface area contributed by atoms with Crippen LogP contribution in [0.25, 0.3) is 0 Å². The minimum Gasteiger partial charge on any atom is -0.497 e. The minimum absolute atomic E-state index is 0.271. The molecule has 1 amide bonds. The van der Waals surface area contributed by atoms with Gasteiger partial charge in [-0.2, -0.15) is 16.9 Å². The van der Waals surface area contributed by atoms with Crippen molar-refractivity contribution in [3.8, 4) is 11.5 Å². The van der Waals surface area contributed by atoms with Gasteiger partial charge in [-0.25, -0.2) is 5.43 Å². The number of hydrazone groups is 1. The second kappa shape index (κ2) is 7.88. The molecule has 6 heteroatoms. The largest absolute Gasteiger partial charge is 0.497 e. The fraction of sp³-hybridized carbons (Fsp3) is 0.222. The molecule has 24 heavy (non-hydrogen) atoms. The fourth-order valence-corrected chi connectivity index (χ4v) is 2.68. The monoisotopic (exact) mass is 342 g/mol. The van der Waals surface area contributed by atoms with E-state index in [0.717, 1.165) is 22.8 Å². The predicted octanol–water partition coefficient (Wildman–Crippen LogP) is 2.95. The van der Waals surface area contributed by atoms with E-state index in [2.05, 4.69) is 10.5 Å². The summed E-state index contributed by atoms with van der Waals surface area (Å²) in [5.41, 5.74) is 3.90. The van der Waals surface area contributed by atoms with Gasteiger partial charge >= 0.3 is 0 Å². The molecule has 1 aliphatic rings. The third kappa shape index (κ3) is 4.29. The van der Waals surface area contributed by atoms with E-state index in [1.165, 1.54) is 0 Å². The van der Waals surface area contributed by atoms with Gasteiger partial charge in [0, 0.05) is 17.1 Å². The molecule has 1 N–H and O–H groups in total. The van der Waals surface area contributed by atoms with Crippen LogP contribution >= 0.6 is 11.8 Å². The van der Waals surface area contributed by atoms with Crippen molar-refractivity contribution < 1.29 is 14.3 Å². The van der Waals surface area contributed by atoms with Gasteiger partial charge in [-0.3, -0.25) is 4.79 Å². The van der Waals surface area contributed by atoms with Gasteiger partial charge in [-0.05, 0) is 42.0 Å². The van der Waals surface area contributed by atoms with Crippen LogP contribution in [0.5, 0.6) is 11.5 Å².